The van der Waals surface area contributed by atoms with Gasteiger partial charge >= 0.3 is 5.97 Å². The molecule has 0 aromatic heterocycles. The molecule has 1 aliphatic carbocycles. The van der Waals surface area contributed by atoms with Crippen molar-refractivity contribution >= 4 is 5.97 Å². The maximum atomic E-state index is 12.0. The van der Waals surface area contributed by atoms with Crippen molar-refractivity contribution in [3.63, 3.8) is 0 Å². The van der Waals surface area contributed by atoms with E-state index >= 15 is 0 Å². The Bertz CT molecular complexity index is 544. The highest BCUT2D eigenvalue weighted by Gasteiger charge is 2.37. The Morgan fingerprint density at radius 3 is 2.30 bits per heavy atom. The van der Waals surface area contributed by atoms with Gasteiger partial charge in [0.1, 0.15) is 5.75 Å². The van der Waals surface area contributed by atoms with Crippen molar-refractivity contribution < 1.29 is 19.4 Å². The molecule has 2 rings (SSSR count). The van der Waals surface area contributed by atoms with Crippen LogP contribution in [0.3, 0.4) is 0 Å². The van der Waals surface area contributed by atoms with E-state index < -0.39 is 5.60 Å². The van der Waals surface area contributed by atoms with Gasteiger partial charge < -0.3 is 14.6 Å². The number of carbonyl (C=O) groups is 1. The zero-order chi connectivity index (χ0) is 19.5. The fourth-order valence-electron chi connectivity index (χ4n) is 3.70. The lowest BCUT2D eigenvalue weighted by molar-refractivity contribution is -0.151. The van der Waals surface area contributed by atoms with Crippen molar-refractivity contribution in [3.8, 4) is 5.75 Å². The summed E-state index contributed by atoms with van der Waals surface area (Å²) in [4.78, 5) is 12.0. The molecule has 1 aromatic carbocycles. The largest absolute Gasteiger partial charge is 0.494 e. The minimum absolute atomic E-state index is 0.0767. The molecule has 4 nitrogen and oxygen atoms in total. The normalized spacial score (nSPS) is 22.4. The second kappa shape index (κ2) is 11.3. The van der Waals surface area contributed by atoms with Crippen LogP contribution >= 0.6 is 0 Å². The van der Waals surface area contributed by atoms with Crippen LogP contribution in [0.1, 0.15) is 83.6 Å². The number of rotatable bonds is 11. The molecule has 0 atom stereocenters. The fourth-order valence-corrected chi connectivity index (χ4v) is 3.70. The van der Waals surface area contributed by atoms with E-state index in [-0.39, 0.29) is 11.9 Å². The van der Waals surface area contributed by atoms with Crippen molar-refractivity contribution in [1.82, 2.24) is 0 Å². The van der Waals surface area contributed by atoms with Gasteiger partial charge in [-0.2, -0.15) is 0 Å². The van der Waals surface area contributed by atoms with E-state index in [0.29, 0.717) is 32.3 Å². The van der Waals surface area contributed by atoms with Gasteiger partial charge in [-0.3, -0.25) is 4.79 Å². The maximum absolute atomic E-state index is 12.0. The molecule has 0 spiro atoms. The summed E-state index contributed by atoms with van der Waals surface area (Å²) < 4.78 is 11.1. The Labute approximate surface area is 164 Å². The third-order valence-corrected chi connectivity index (χ3v) is 5.50. The first-order chi connectivity index (χ1) is 13.1. The van der Waals surface area contributed by atoms with Gasteiger partial charge in [-0.05, 0) is 56.2 Å². The van der Waals surface area contributed by atoms with Gasteiger partial charge in [-0.15, -0.1) is 0 Å². The minimum Gasteiger partial charge on any atom is -0.494 e. The average molecular weight is 377 g/mol. The van der Waals surface area contributed by atoms with Gasteiger partial charge in [0.05, 0.1) is 24.7 Å². The average Bonchev–Trinajstić information content (AvgIpc) is 2.69. The first-order valence-corrected chi connectivity index (χ1v) is 10.7. The molecule has 0 unspecified atom stereocenters. The van der Waals surface area contributed by atoms with Crippen LogP contribution in [0.2, 0.25) is 0 Å². The van der Waals surface area contributed by atoms with Crippen molar-refractivity contribution in [2.75, 3.05) is 13.2 Å². The van der Waals surface area contributed by atoms with Crippen LogP contribution in [-0.4, -0.2) is 24.3 Å². The van der Waals surface area contributed by atoms with Gasteiger partial charge in [0.2, 0.25) is 0 Å². The van der Waals surface area contributed by atoms with E-state index in [1.54, 1.807) is 0 Å². The van der Waals surface area contributed by atoms with E-state index in [1.807, 2.05) is 31.2 Å². The van der Waals surface area contributed by atoms with Gasteiger partial charge in [0.25, 0.3) is 0 Å². The SMILES string of the molecule is CCCCCCCOc1ccc(C2(O)CCC(C(=O)OCCC)CC2)cc1. The molecular weight excluding hydrogens is 340 g/mol. The van der Waals surface area contributed by atoms with Crippen LogP contribution in [-0.2, 0) is 15.1 Å². The summed E-state index contributed by atoms with van der Waals surface area (Å²) in [5.74, 6) is 0.670. The number of unbranched alkanes of at least 4 members (excludes halogenated alkanes) is 4. The van der Waals surface area contributed by atoms with Crippen molar-refractivity contribution in [2.45, 2.75) is 83.7 Å². The fraction of sp³-hybridized carbons (Fsp3) is 0.696. The number of esters is 1. The highest BCUT2D eigenvalue weighted by molar-refractivity contribution is 5.72. The Morgan fingerprint density at radius 1 is 1.00 bits per heavy atom. The quantitative estimate of drug-likeness (QED) is 0.417. The van der Waals surface area contributed by atoms with Gasteiger partial charge in [-0.1, -0.05) is 51.7 Å². The molecule has 152 valence electrons. The zero-order valence-electron chi connectivity index (χ0n) is 17.0. The topological polar surface area (TPSA) is 55.8 Å². The maximum Gasteiger partial charge on any atom is 0.308 e. The van der Waals surface area contributed by atoms with E-state index in [0.717, 1.165) is 30.8 Å². The van der Waals surface area contributed by atoms with E-state index in [9.17, 15) is 9.90 Å². The monoisotopic (exact) mass is 376 g/mol. The number of benzene rings is 1. The molecule has 0 heterocycles. The molecule has 1 fully saturated rings. The number of hydrogen-bond acceptors (Lipinski definition) is 4. The van der Waals surface area contributed by atoms with Crippen molar-refractivity contribution in [2.24, 2.45) is 5.92 Å². The lowest BCUT2D eigenvalue weighted by Gasteiger charge is -2.35. The van der Waals surface area contributed by atoms with Crippen LogP contribution < -0.4 is 4.74 Å². The highest BCUT2D eigenvalue weighted by Crippen LogP contribution is 2.40. The first-order valence-electron chi connectivity index (χ1n) is 10.7. The first kappa shape index (κ1) is 21.7. The second-order valence-electron chi connectivity index (χ2n) is 7.76. The molecule has 0 bridgehead atoms. The Balaban J connectivity index is 1.78. The summed E-state index contributed by atoms with van der Waals surface area (Å²) in [5.41, 5.74) is 0.0680. The number of ether oxygens (including phenoxy) is 2. The van der Waals surface area contributed by atoms with Crippen LogP contribution in [0.15, 0.2) is 24.3 Å². The molecule has 0 radical (unpaired) electrons. The van der Waals surface area contributed by atoms with E-state index in [4.69, 9.17) is 9.47 Å². The summed E-state index contributed by atoms with van der Waals surface area (Å²) in [6.07, 6.45) is 9.51. The lowest BCUT2D eigenvalue weighted by Crippen LogP contribution is -2.34. The second-order valence-corrected chi connectivity index (χ2v) is 7.76. The molecule has 0 aliphatic heterocycles. The Kier molecular flexibility index (Phi) is 9.12. The highest BCUT2D eigenvalue weighted by atomic mass is 16.5. The standard InChI is InChI=1S/C23H36O4/c1-3-5-6-7-8-18-26-21-11-9-20(10-12-21)23(25)15-13-19(14-16-23)22(24)27-17-4-2/h9-12,19,25H,3-8,13-18H2,1-2H3. The summed E-state index contributed by atoms with van der Waals surface area (Å²) in [7, 11) is 0. The number of aliphatic hydroxyl groups is 1. The molecule has 0 saturated heterocycles. The zero-order valence-corrected chi connectivity index (χ0v) is 17.0. The molecule has 1 aromatic rings. The molecule has 27 heavy (non-hydrogen) atoms. The predicted octanol–water partition coefficient (Wildman–Crippen LogP) is 5.37. The van der Waals surface area contributed by atoms with Crippen molar-refractivity contribution in [3.05, 3.63) is 29.8 Å². The van der Waals surface area contributed by atoms with Crippen LogP contribution in [0.25, 0.3) is 0 Å². The third-order valence-electron chi connectivity index (χ3n) is 5.50. The van der Waals surface area contributed by atoms with Gasteiger partial charge in [-0.25, -0.2) is 0 Å². The summed E-state index contributed by atoms with van der Waals surface area (Å²) in [5, 5.41) is 11.0. The van der Waals surface area contributed by atoms with Crippen LogP contribution in [0, 0.1) is 5.92 Å². The van der Waals surface area contributed by atoms with E-state index in [1.165, 1.54) is 25.7 Å². The number of carbonyl (C=O) groups excluding carboxylic acids is 1. The van der Waals surface area contributed by atoms with Crippen molar-refractivity contribution in [1.29, 1.82) is 0 Å². The molecule has 0 amide bonds. The van der Waals surface area contributed by atoms with Crippen LogP contribution in [0.4, 0.5) is 0 Å². The van der Waals surface area contributed by atoms with Crippen LogP contribution in [0.5, 0.6) is 5.75 Å². The van der Waals surface area contributed by atoms with Gasteiger partial charge in [0, 0.05) is 0 Å². The molecular formula is C23H36O4. The van der Waals surface area contributed by atoms with E-state index in [2.05, 4.69) is 6.92 Å². The minimum atomic E-state index is -0.847. The smallest absolute Gasteiger partial charge is 0.308 e. The summed E-state index contributed by atoms with van der Waals surface area (Å²) >= 11 is 0. The predicted molar refractivity (Wildman–Crippen MR) is 108 cm³/mol. The lowest BCUT2D eigenvalue weighted by atomic mass is 9.75. The molecule has 1 saturated carbocycles. The molecule has 1 N–H and O–H groups in total. The third kappa shape index (κ3) is 6.84. The summed E-state index contributed by atoms with van der Waals surface area (Å²) in [6.45, 7) is 5.44. The Morgan fingerprint density at radius 2 is 1.67 bits per heavy atom. The molecule has 1 aliphatic rings. The van der Waals surface area contributed by atoms with Gasteiger partial charge in [0.15, 0.2) is 0 Å². The summed E-state index contributed by atoms with van der Waals surface area (Å²) in [6, 6.07) is 7.81. The molecule has 4 heteroatoms. The Hall–Kier alpha value is -1.55. The number of hydrogen-bond donors (Lipinski definition) is 1.